The fourth-order valence-corrected chi connectivity index (χ4v) is 6.50. The Kier molecular flexibility index (Phi) is 6.13. The van der Waals surface area contributed by atoms with Crippen LogP contribution in [0.5, 0.6) is 0 Å². The van der Waals surface area contributed by atoms with Crippen LogP contribution in [0.25, 0.3) is 22.5 Å². The van der Waals surface area contributed by atoms with Crippen LogP contribution < -0.4 is 4.72 Å². The second-order valence-corrected chi connectivity index (χ2v) is 12.1. The summed E-state index contributed by atoms with van der Waals surface area (Å²) in [6, 6.07) is 9.02. The summed E-state index contributed by atoms with van der Waals surface area (Å²) in [5, 5.41) is 8.90. The Morgan fingerprint density at radius 2 is 1.77 bits per heavy atom. The molecule has 200 valence electrons. The number of hydrogen-bond acceptors (Lipinski definition) is 7. The molecule has 39 heavy (non-hydrogen) atoms. The van der Waals surface area contributed by atoms with Gasteiger partial charge in [0.1, 0.15) is 17.5 Å². The predicted molar refractivity (Wildman–Crippen MR) is 142 cm³/mol. The molecule has 2 bridgehead atoms. The van der Waals surface area contributed by atoms with Crippen LogP contribution in [0.3, 0.4) is 0 Å². The number of nitrogens with one attached hydrogen (secondary N) is 1. The lowest BCUT2D eigenvalue weighted by Gasteiger charge is -2.37. The molecule has 3 aliphatic rings. The topological polar surface area (TPSA) is 111 Å². The minimum Gasteiger partial charge on any atom is -0.268 e. The maximum atomic E-state index is 14.6. The Morgan fingerprint density at radius 1 is 0.974 bits per heavy atom. The average molecular weight is 549 g/mol. The van der Waals surface area contributed by atoms with Crippen molar-refractivity contribution in [1.29, 1.82) is 0 Å². The molecular weight excluding hydrogens is 522 g/mol. The number of halogens is 2. The third-order valence-electron chi connectivity index (χ3n) is 7.68. The van der Waals surface area contributed by atoms with E-state index in [1.165, 1.54) is 18.2 Å². The SMILES string of the molecule is Cc1cc(-c2cncc([C@@]34CCC[C@@H](CC3)c3cc(-c5c(F)cccc5F)nnc34)n2)cc(NS(C)(=O)=O)n1. The first-order valence-electron chi connectivity index (χ1n) is 12.7. The zero-order chi connectivity index (χ0) is 27.4. The summed E-state index contributed by atoms with van der Waals surface area (Å²) in [5.74, 6) is -0.914. The van der Waals surface area contributed by atoms with Crippen molar-refractivity contribution in [1.82, 2.24) is 25.1 Å². The van der Waals surface area contributed by atoms with Gasteiger partial charge in [0.2, 0.25) is 10.0 Å². The van der Waals surface area contributed by atoms with Gasteiger partial charge in [0.15, 0.2) is 0 Å². The van der Waals surface area contributed by atoms with Crippen LogP contribution in [0.2, 0.25) is 0 Å². The van der Waals surface area contributed by atoms with Gasteiger partial charge in [0.25, 0.3) is 0 Å². The first kappa shape index (κ1) is 25.4. The normalized spacial score (nSPS) is 20.4. The van der Waals surface area contributed by atoms with E-state index < -0.39 is 27.1 Å². The summed E-state index contributed by atoms with van der Waals surface area (Å²) < 4.78 is 55.1. The van der Waals surface area contributed by atoms with E-state index in [1.807, 2.05) is 6.07 Å². The summed E-state index contributed by atoms with van der Waals surface area (Å²) in [6.45, 7) is 1.78. The number of nitrogens with zero attached hydrogens (tertiary/aromatic N) is 5. The van der Waals surface area contributed by atoms with Crippen molar-refractivity contribution in [2.45, 2.75) is 50.4 Å². The molecule has 1 aromatic carbocycles. The molecule has 3 aliphatic carbocycles. The van der Waals surface area contributed by atoms with E-state index in [1.54, 1.807) is 31.5 Å². The number of benzene rings is 1. The Morgan fingerprint density at radius 3 is 2.54 bits per heavy atom. The summed E-state index contributed by atoms with van der Waals surface area (Å²) in [6.07, 6.45) is 8.83. The van der Waals surface area contributed by atoms with E-state index in [2.05, 4.69) is 24.9 Å². The van der Waals surface area contributed by atoms with Crippen molar-refractivity contribution < 1.29 is 17.2 Å². The summed E-state index contributed by atoms with van der Waals surface area (Å²) in [5.41, 5.74) is 3.84. The highest BCUT2D eigenvalue weighted by Crippen LogP contribution is 2.53. The van der Waals surface area contributed by atoms with Gasteiger partial charge in [0.05, 0.1) is 46.2 Å². The standard InChI is InChI=1S/C28H26F2N6O2S/c1-16-11-18(12-25(32-16)36-39(2,37)38)23-14-31-15-24(33-23)28-9-4-5-17(8-10-28)19-13-22(34-35-27(19)28)26-20(29)6-3-7-21(26)30/h3,6-7,11-15,17H,4-5,8-10H2,1-2H3,(H,32,36)/t17-,28+/m0/s1. The quantitative estimate of drug-likeness (QED) is 0.360. The molecule has 1 saturated carbocycles. The van der Waals surface area contributed by atoms with Crippen LogP contribution in [0.15, 0.2) is 48.8 Å². The van der Waals surface area contributed by atoms with Crippen LogP contribution in [-0.4, -0.2) is 39.8 Å². The van der Waals surface area contributed by atoms with Gasteiger partial charge < -0.3 is 0 Å². The second-order valence-electron chi connectivity index (χ2n) is 10.4. The van der Waals surface area contributed by atoms with Gasteiger partial charge >= 0.3 is 0 Å². The molecule has 3 aromatic heterocycles. The number of aromatic nitrogens is 5. The van der Waals surface area contributed by atoms with Crippen LogP contribution in [0, 0.1) is 18.6 Å². The highest BCUT2D eigenvalue weighted by molar-refractivity contribution is 7.92. The molecule has 1 N–H and O–H groups in total. The number of aryl methyl sites for hydroxylation is 1. The molecule has 2 atom stereocenters. The van der Waals surface area contributed by atoms with Crippen molar-refractivity contribution in [3.63, 3.8) is 0 Å². The third kappa shape index (κ3) is 4.64. The Balaban J connectivity index is 1.46. The number of sulfonamides is 1. The van der Waals surface area contributed by atoms with Crippen molar-refractivity contribution in [3.8, 4) is 22.5 Å². The van der Waals surface area contributed by atoms with Crippen LogP contribution in [-0.2, 0) is 15.4 Å². The maximum absolute atomic E-state index is 14.6. The minimum absolute atomic E-state index is 0.171. The Hall–Kier alpha value is -3.86. The summed E-state index contributed by atoms with van der Waals surface area (Å²) in [4.78, 5) is 13.8. The number of pyridine rings is 1. The number of fused-ring (bicyclic) bond motifs is 3. The monoisotopic (exact) mass is 548 g/mol. The van der Waals surface area contributed by atoms with E-state index >= 15 is 0 Å². The van der Waals surface area contributed by atoms with Crippen LogP contribution >= 0.6 is 0 Å². The van der Waals surface area contributed by atoms with Crippen LogP contribution in [0.1, 0.15) is 60.7 Å². The van der Waals surface area contributed by atoms with Crippen molar-refractivity contribution >= 4 is 15.8 Å². The van der Waals surface area contributed by atoms with E-state index in [0.717, 1.165) is 55.3 Å². The number of hydrogen-bond donors (Lipinski definition) is 1. The zero-order valence-electron chi connectivity index (χ0n) is 21.4. The summed E-state index contributed by atoms with van der Waals surface area (Å²) in [7, 11) is -3.50. The first-order chi connectivity index (χ1) is 18.6. The van der Waals surface area contributed by atoms with Gasteiger partial charge in [-0.1, -0.05) is 12.5 Å². The Bertz CT molecular complexity index is 1690. The molecule has 7 rings (SSSR count). The fraction of sp³-hybridized carbons (Fsp3) is 0.321. The smallest absolute Gasteiger partial charge is 0.230 e. The van der Waals surface area contributed by atoms with E-state index in [0.29, 0.717) is 17.0 Å². The zero-order valence-corrected chi connectivity index (χ0v) is 22.3. The van der Waals surface area contributed by atoms with E-state index in [-0.39, 0.29) is 23.0 Å². The minimum atomic E-state index is -3.50. The van der Waals surface area contributed by atoms with E-state index in [4.69, 9.17) is 4.98 Å². The molecular formula is C28H26F2N6O2S. The highest BCUT2D eigenvalue weighted by atomic mass is 32.2. The Labute approximate surface area is 225 Å². The lowest BCUT2D eigenvalue weighted by atomic mass is 9.68. The molecule has 1 fully saturated rings. The van der Waals surface area contributed by atoms with Gasteiger partial charge in [-0.15, -0.1) is 5.10 Å². The first-order valence-corrected chi connectivity index (χ1v) is 14.6. The highest BCUT2D eigenvalue weighted by Gasteiger charge is 2.46. The van der Waals surface area contributed by atoms with Gasteiger partial charge in [-0.05, 0) is 74.4 Å². The number of rotatable bonds is 5. The van der Waals surface area contributed by atoms with Gasteiger partial charge in [-0.25, -0.2) is 27.2 Å². The van der Waals surface area contributed by atoms with Crippen molar-refractivity contribution in [2.75, 3.05) is 11.0 Å². The largest absolute Gasteiger partial charge is 0.268 e. The molecule has 0 spiro atoms. The molecule has 0 saturated heterocycles. The molecule has 3 heterocycles. The van der Waals surface area contributed by atoms with Crippen molar-refractivity contribution in [2.24, 2.45) is 0 Å². The maximum Gasteiger partial charge on any atom is 0.230 e. The molecule has 11 heteroatoms. The predicted octanol–water partition coefficient (Wildman–Crippen LogP) is 5.30. The molecule has 8 nitrogen and oxygen atoms in total. The van der Waals surface area contributed by atoms with Gasteiger partial charge in [-0.3, -0.25) is 9.71 Å². The van der Waals surface area contributed by atoms with E-state index in [9.17, 15) is 17.2 Å². The fourth-order valence-electron chi connectivity index (χ4n) is 6.01. The molecule has 0 amide bonds. The molecule has 0 aliphatic heterocycles. The molecule has 0 unspecified atom stereocenters. The number of anilines is 1. The molecule has 4 aromatic rings. The summed E-state index contributed by atoms with van der Waals surface area (Å²) >= 11 is 0. The average Bonchev–Trinajstić information content (AvgIpc) is 3.20. The second kappa shape index (κ2) is 9.41. The van der Waals surface area contributed by atoms with Crippen molar-refractivity contribution in [3.05, 3.63) is 83.1 Å². The molecule has 0 radical (unpaired) electrons. The van der Waals surface area contributed by atoms with Crippen LogP contribution in [0.4, 0.5) is 14.6 Å². The van der Waals surface area contributed by atoms with Gasteiger partial charge in [0, 0.05) is 17.5 Å². The van der Waals surface area contributed by atoms with Gasteiger partial charge in [-0.2, -0.15) is 5.10 Å². The lowest BCUT2D eigenvalue weighted by molar-refractivity contribution is 0.389. The lowest BCUT2D eigenvalue weighted by Crippen LogP contribution is -2.34. The third-order valence-corrected chi connectivity index (χ3v) is 8.26.